The van der Waals surface area contributed by atoms with Crippen molar-refractivity contribution in [1.29, 1.82) is 0 Å². The van der Waals surface area contributed by atoms with E-state index in [0.29, 0.717) is 48.7 Å². The molecule has 0 radical (unpaired) electrons. The molecular formula is C34H32N2O7. The van der Waals surface area contributed by atoms with Gasteiger partial charge in [0.05, 0.1) is 30.1 Å². The molecule has 4 aromatic carbocycles. The van der Waals surface area contributed by atoms with Gasteiger partial charge in [0.25, 0.3) is 5.69 Å². The number of non-ortho nitro benzene ring substituents is 1. The van der Waals surface area contributed by atoms with Crippen molar-refractivity contribution in [3.8, 4) is 17.2 Å². The first kappa shape index (κ1) is 29.3. The SMILES string of the molecule is COc1ccc(COc2ccc3c(=O)cc(C)oc3c2CN(Cc2ccc(OC)cc2)Cc2ccc([N+](=O)[O-])cc2)cc1. The van der Waals surface area contributed by atoms with E-state index in [9.17, 15) is 14.9 Å². The Kier molecular flexibility index (Phi) is 9.02. The number of hydrogen-bond acceptors (Lipinski definition) is 8. The standard InChI is InChI=1S/C34H32N2O7/c1-23-18-32(37)30-16-17-33(42-22-26-8-14-29(41-3)15-9-26)31(34(30)43-23)21-35(20-25-6-12-28(40-2)13-7-25)19-24-4-10-27(11-5-24)36(38)39/h4-18H,19-22H2,1-3H3. The third-order valence-corrected chi connectivity index (χ3v) is 7.13. The van der Waals surface area contributed by atoms with Gasteiger partial charge in [-0.25, -0.2) is 0 Å². The van der Waals surface area contributed by atoms with Gasteiger partial charge in [0, 0.05) is 37.8 Å². The predicted molar refractivity (Wildman–Crippen MR) is 164 cm³/mol. The molecule has 0 fully saturated rings. The van der Waals surface area contributed by atoms with E-state index in [-0.39, 0.29) is 11.1 Å². The summed E-state index contributed by atoms with van der Waals surface area (Å²) >= 11 is 0. The highest BCUT2D eigenvalue weighted by Gasteiger charge is 2.19. The minimum atomic E-state index is -0.411. The number of benzene rings is 4. The Morgan fingerprint density at radius 3 is 1.88 bits per heavy atom. The lowest BCUT2D eigenvalue weighted by Gasteiger charge is -2.25. The Morgan fingerprint density at radius 1 is 0.767 bits per heavy atom. The minimum absolute atomic E-state index is 0.0333. The molecule has 0 aliphatic rings. The second-order valence-corrected chi connectivity index (χ2v) is 10.2. The lowest BCUT2D eigenvalue weighted by Crippen LogP contribution is -2.23. The summed E-state index contributed by atoms with van der Waals surface area (Å²) < 4.78 is 23.1. The van der Waals surface area contributed by atoms with E-state index in [4.69, 9.17) is 18.6 Å². The van der Waals surface area contributed by atoms with Gasteiger partial charge in [0.1, 0.15) is 35.2 Å². The first-order chi connectivity index (χ1) is 20.8. The Balaban J connectivity index is 1.52. The Morgan fingerprint density at radius 2 is 1.33 bits per heavy atom. The molecule has 0 saturated heterocycles. The fraction of sp³-hybridized carbons (Fsp3) is 0.206. The molecule has 0 bridgehead atoms. The number of ether oxygens (including phenoxy) is 3. The molecule has 220 valence electrons. The van der Waals surface area contributed by atoms with Crippen LogP contribution in [-0.4, -0.2) is 24.0 Å². The van der Waals surface area contributed by atoms with Gasteiger partial charge in [0.15, 0.2) is 5.43 Å². The van der Waals surface area contributed by atoms with Crippen LogP contribution in [0, 0.1) is 17.0 Å². The van der Waals surface area contributed by atoms with E-state index in [1.54, 1.807) is 39.3 Å². The van der Waals surface area contributed by atoms with Crippen molar-refractivity contribution >= 4 is 16.7 Å². The molecule has 0 unspecified atom stereocenters. The Labute approximate surface area is 249 Å². The summed E-state index contributed by atoms with van der Waals surface area (Å²) in [6, 6.07) is 27.0. The summed E-state index contributed by atoms with van der Waals surface area (Å²) in [5, 5.41) is 11.7. The lowest BCUT2D eigenvalue weighted by atomic mass is 10.1. The van der Waals surface area contributed by atoms with Crippen LogP contribution in [-0.2, 0) is 26.2 Å². The molecule has 0 N–H and O–H groups in total. The number of methoxy groups -OCH3 is 2. The van der Waals surface area contributed by atoms with Crippen molar-refractivity contribution in [2.24, 2.45) is 0 Å². The maximum Gasteiger partial charge on any atom is 0.269 e. The van der Waals surface area contributed by atoms with Crippen LogP contribution in [0.3, 0.4) is 0 Å². The summed E-state index contributed by atoms with van der Waals surface area (Å²) in [5.41, 5.74) is 4.02. The summed E-state index contributed by atoms with van der Waals surface area (Å²) in [5.74, 6) is 2.61. The highest BCUT2D eigenvalue weighted by Crippen LogP contribution is 2.31. The van der Waals surface area contributed by atoms with Gasteiger partial charge in [0.2, 0.25) is 0 Å². The van der Waals surface area contributed by atoms with E-state index in [1.165, 1.54) is 18.2 Å². The van der Waals surface area contributed by atoms with Crippen LogP contribution in [0.25, 0.3) is 11.0 Å². The summed E-state index contributed by atoms with van der Waals surface area (Å²) in [7, 11) is 3.25. The van der Waals surface area contributed by atoms with Gasteiger partial charge in [-0.2, -0.15) is 0 Å². The van der Waals surface area contributed by atoms with Crippen molar-refractivity contribution < 1.29 is 23.6 Å². The van der Waals surface area contributed by atoms with Crippen LogP contribution in [0.4, 0.5) is 5.69 Å². The van der Waals surface area contributed by atoms with E-state index in [2.05, 4.69) is 4.90 Å². The van der Waals surface area contributed by atoms with E-state index in [0.717, 1.165) is 33.8 Å². The van der Waals surface area contributed by atoms with Gasteiger partial charge in [-0.15, -0.1) is 0 Å². The molecule has 43 heavy (non-hydrogen) atoms. The Hall–Kier alpha value is -5.15. The normalized spacial score (nSPS) is 11.1. The summed E-state index contributed by atoms with van der Waals surface area (Å²) in [6.07, 6.45) is 0. The molecule has 0 saturated carbocycles. The Bertz CT molecular complexity index is 1760. The number of aryl methyl sites for hydroxylation is 1. The van der Waals surface area contributed by atoms with Crippen LogP contribution < -0.4 is 19.6 Å². The zero-order valence-corrected chi connectivity index (χ0v) is 24.2. The lowest BCUT2D eigenvalue weighted by molar-refractivity contribution is -0.384. The summed E-state index contributed by atoms with van der Waals surface area (Å²) in [6.45, 7) is 3.46. The van der Waals surface area contributed by atoms with Crippen molar-refractivity contribution in [2.45, 2.75) is 33.2 Å². The van der Waals surface area contributed by atoms with Crippen molar-refractivity contribution in [3.05, 3.63) is 139 Å². The molecule has 0 aliphatic heterocycles. The van der Waals surface area contributed by atoms with Crippen LogP contribution >= 0.6 is 0 Å². The van der Waals surface area contributed by atoms with Crippen LogP contribution in [0.5, 0.6) is 17.2 Å². The maximum atomic E-state index is 12.9. The zero-order valence-electron chi connectivity index (χ0n) is 24.2. The molecule has 0 atom stereocenters. The minimum Gasteiger partial charge on any atom is -0.497 e. The fourth-order valence-electron chi connectivity index (χ4n) is 4.90. The molecule has 0 amide bonds. The predicted octanol–water partition coefficient (Wildman–Crippen LogP) is 6.81. The van der Waals surface area contributed by atoms with Gasteiger partial charge < -0.3 is 18.6 Å². The van der Waals surface area contributed by atoms with Gasteiger partial charge >= 0.3 is 0 Å². The average Bonchev–Trinajstić information content (AvgIpc) is 3.01. The molecular weight excluding hydrogens is 548 g/mol. The second-order valence-electron chi connectivity index (χ2n) is 10.2. The maximum absolute atomic E-state index is 12.9. The van der Waals surface area contributed by atoms with Crippen LogP contribution in [0.15, 0.2) is 100 Å². The zero-order chi connectivity index (χ0) is 30.3. The van der Waals surface area contributed by atoms with Gasteiger partial charge in [-0.3, -0.25) is 19.8 Å². The number of hydrogen-bond donors (Lipinski definition) is 0. The molecule has 1 heterocycles. The molecule has 0 spiro atoms. The number of fused-ring (bicyclic) bond motifs is 1. The molecule has 9 heteroatoms. The second kappa shape index (κ2) is 13.2. The molecule has 0 aliphatic carbocycles. The highest BCUT2D eigenvalue weighted by molar-refractivity contribution is 5.82. The van der Waals surface area contributed by atoms with E-state index < -0.39 is 4.92 Å². The average molecular weight is 581 g/mol. The van der Waals surface area contributed by atoms with E-state index in [1.807, 2.05) is 54.6 Å². The molecule has 5 aromatic rings. The molecule has 5 rings (SSSR count). The van der Waals surface area contributed by atoms with Crippen molar-refractivity contribution in [2.75, 3.05) is 14.2 Å². The van der Waals surface area contributed by atoms with Crippen LogP contribution in [0.1, 0.15) is 28.0 Å². The highest BCUT2D eigenvalue weighted by atomic mass is 16.6. The first-order valence-corrected chi connectivity index (χ1v) is 13.7. The van der Waals surface area contributed by atoms with E-state index >= 15 is 0 Å². The monoisotopic (exact) mass is 580 g/mol. The molecule has 9 nitrogen and oxygen atoms in total. The van der Waals surface area contributed by atoms with Crippen LogP contribution in [0.2, 0.25) is 0 Å². The van der Waals surface area contributed by atoms with Gasteiger partial charge in [-0.05, 0) is 60.0 Å². The number of nitrogens with zero attached hydrogens (tertiary/aromatic N) is 2. The summed E-state index contributed by atoms with van der Waals surface area (Å²) in [4.78, 5) is 25.9. The van der Waals surface area contributed by atoms with Crippen molar-refractivity contribution in [1.82, 2.24) is 4.90 Å². The smallest absolute Gasteiger partial charge is 0.269 e. The molecule has 1 aromatic heterocycles. The topological polar surface area (TPSA) is 104 Å². The third kappa shape index (κ3) is 7.20. The first-order valence-electron chi connectivity index (χ1n) is 13.7. The number of nitro benzene ring substituents is 1. The quantitative estimate of drug-likeness (QED) is 0.117. The van der Waals surface area contributed by atoms with Crippen molar-refractivity contribution in [3.63, 3.8) is 0 Å². The fourth-order valence-corrected chi connectivity index (χ4v) is 4.90. The third-order valence-electron chi connectivity index (χ3n) is 7.13. The number of nitro groups is 1. The largest absolute Gasteiger partial charge is 0.497 e. The van der Waals surface area contributed by atoms with Gasteiger partial charge in [-0.1, -0.05) is 36.4 Å². The number of rotatable bonds is 12.